The highest BCUT2D eigenvalue weighted by Gasteiger charge is 2.09. The molecule has 7 heteroatoms. The number of hydrogen-bond acceptors (Lipinski definition) is 6. The number of aryl methyl sites for hydroxylation is 2. The first-order valence-corrected chi connectivity index (χ1v) is 10.6. The van der Waals surface area contributed by atoms with Gasteiger partial charge in [0.15, 0.2) is 0 Å². The molecule has 6 nitrogen and oxygen atoms in total. The van der Waals surface area contributed by atoms with E-state index in [9.17, 15) is 9.59 Å². The van der Waals surface area contributed by atoms with E-state index >= 15 is 0 Å². The Balaban J connectivity index is 1.35. The molecule has 0 spiro atoms. The highest BCUT2D eigenvalue weighted by Crippen LogP contribution is 2.16. The third-order valence-corrected chi connectivity index (χ3v) is 4.99. The quantitative estimate of drug-likeness (QED) is 0.394. The largest absolute Gasteiger partial charge is 0.487 e. The molecule has 1 heterocycles. The van der Waals surface area contributed by atoms with E-state index < -0.39 is 5.97 Å². The lowest BCUT2D eigenvalue weighted by molar-refractivity contribution is -0.121. The molecule has 2 aromatic carbocycles. The number of carbonyl (C=O) groups is 2. The third-order valence-electron chi connectivity index (χ3n) is 4.36. The van der Waals surface area contributed by atoms with Crippen LogP contribution in [0.25, 0.3) is 0 Å². The normalized spacial score (nSPS) is 10.4. The number of nitrogens with one attached hydrogen (secondary N) is 1. The number of hydrogen-bond donors (Lipinski definition) is 1. The van der Waals surface area contributed by atoms with Gasteiger partial charge in [-0.15, -0.1) is 11.3 Å². The first-order chi connectivity index (χ1) is 14.6. The summed E-state index contributed by atoms with van der Waals surface area (Å²) in [7, 11) is 0. The molecule has 0 aliphatic rings. The van der Waals surface area contributed by atoms with Crippen LogP contribution in [0.2, 0.25) is 0 Å². The predicted octanol–water partition coefficient (Wildman–Crippen LogP) is 3.94. The van der Waals surface area contributed by atoms with E-state index in [0.29, 0.717) is 30.8 Å². The molecule has 30 heavy (non-hydrogen) atoms. The zero-order valence-corrected chi connectivity index (χ0v) is 17.6. The van der Waals surface area contributed by atoms with Gasteiger partial charge >= 0.3 is 5.97 Å². The third kappa shape index (κ3) is 7.00. The number of thiazole rings is 1. The SMILES string of the molecule is Cc1ccc(CCC(=O)NCCOC(=O)c2cccc(OCc3cscn3)c2)cc1. The van der Waals surface area contributed by atoms with E-state index in [4.69, 9.17) is 9.47 Å². The van der Waals surface area contributed by atoms with Crippen LogP contribution in [0.15, 0.2) is 59.4 Å². The lowest BCUT2D eigenvalue weighted by atomic mass is 10.1. The second-order valence-electron chi connectivity index (χ2n) is 6.77. The van der Waals surface area contributed by atoms with Crippen molar-refractivity contribution >= 4 is 23.2 Å². The molecule has 1 aromatic heterocycles. The van der Waals surface area contributed by atoms with Crippen LogP contribution in [0.1, 0.15) is 33.6 Å². The molecule has 1 amide bonds. The lowest BCUT2D eigenvalue weighted by Gasteiger charge is -2.09. The highest BCUT2D eigenvalue weighted by molar-refractivity contribution is 7.07. The molecule has 0 radical (unpaired) electrons. The van der Waals surface area contributed by atoms with Crippen molar-refractivity contribution in [3.8, 4) is 5.75 Å². The van der Waals surface area contributed by atoms with E-state index in [2.05, 4.69) is 10.3 Å². The summed E-state index contributed by atoms with van der Waals surface area (Å²) < 4.78 is 10.9. The van der Waals surface area contributed by atoms with Crippen LogP contribution < -0.4 is 10.1 Å². The average Bonchev–Trinajstić information content (AvgIpc) is 3.29. The van der Waals surface area contributed by atoms with Crippen LogP contribution in [0.4, 0.5) is 0 Å². The van der Waals surface area contributed by atoms with Crippen LogP contribution in [-0.4, -0.2) is 30.0 Å². The summed E-state index contributed by atoms with van der Waals surface area (Å²) in [5.41, 5.74) is 5.30. The number of amides is 1. The van der Waals surface area contributed by atoms with Crippen molar-refractivity contribution in [3.63, 3.8) is 0 Å². The first-order valence-electron chi connectivity index (χ1n) is 9.69. The summed E-state index contributed by atoms with van der Waals surface area (Å²) >= 11 is 1.50. The van der Waals surface area contributed by atoms with E-state index in [1.165, 1.54) is 16.9 Å². The van der Waals surface area contributed by atoms with Gasteiger partial charge in [-0.05, 0) is 37.1 Å². The Morgan fingerprint density at radius 3 is 2.73 bits per heavy atom. The van der Waals surface area contributed by atoms with Gasteiger partial charge in [-0.2, -0.15) is 0 Å². The zero-order valence-electron chi connectivity index (χ0n) is 16.8. The van der Waals surface area contributed by atoms with Crippen LogP contribution in [0.3, 0.4) is 0 Å². The lowest BCUT2D eigenvalue weighted by Crippen LogP contribution is -2.28. The van der Waals surface area contributed by atoms with E-state index in [-0.39, 0.29) is 19.1 Å². The molecule has 0 aliphatic heterocycles. The minimum absolute atomic E-state index is 0.0657. The Labute approximate surface area is 179 Å². The first kappa shape index (κ1) is 21.5. The van der Waals surface area contributed by atoms with Crippen molar-refractivity contribution in [2.45, 2.75) is 26.4 Å². The van der Waals surface area contributed by atoms with Crippen molar-refractivity contribution < 1.29 is 19.1 Å². The minimum atomic E-state index is -0.456. The van der Waals surface area contributed by atoms with Crippen molar-refractivity contribution in [2.24, 2.45) is 0 Å². The fourth-order valence-electron chi connectivity index (χ4n) is 2.70. The Hall–Kier alpha value is -3.19. The molecule has 0 atom stereocenters. The van der Waals surface area contributed by atoms with E-state index in [1.807, 2.05) is 36.6 Å². The molecule has 0 bridgehead atoms. The van der Waals surface area contributed by atoms with Crippen molar-refractivity contribution in [2.75, 3.05) is 13.2 Å². The number of ether oxygens (including phenoxy) is 2. The Kier molecular flexibility index (Phi) is 7.97. The molecule has 1 N–H and O–H groups in total. The maximum atomic E-state index is 12.2. The zero-order chi connectivity index (χ0) is 21.2. The molecule has 0 fully saturated rings. The monoisotopic (exact) mass is 424 g/mol. The molecule has 3 rings (SSSR count). The van der Waals surface area contributed by atoms with Crippen molar-refractivity contribution in [3.05, 3.63) is 81.8 Å². The number of nitrogens with zero attached hydrogens (tertiary/aromatic N) is 1. The van der Waals surface area contributed by atoms with Gasteiger partial charge in [0.05, 0.1) is 23.3 Å². The predicted molar refractivity (Wildman–Crippen MR) is 116 cm³/mol. The van der Waals surface area contributed by atoms with Crippen LogP contribution in [-0.2, 0) is 22.6 Å². The number of esters is 1. The summed E-state index contributed by atoms with van der Waals surface area (Å²) in [5, 5.41) is 4.68. The standard InChI is InChI=1S/C23H24N2O4S/c1-17-5-7-18(8-6-17)9-10-22(26)24-11-12-28-23(27)19-3-2-4-21(13-19)29-14-20-15-30-16-25-20/h2-8,13,15-16H,9-12,14H2,1H3,(H,24,26). The second-order valence-corrected chi connectivity index (χ2v) is 7.49. The molecule has 156 valence electrons. The molecule has 0 saturated carbocycles. The molecular formula is C23H24N2O4S. The average molecular weight is 425 g/mol. The van der Waals surface area contributed by atoms with Gasteiger partial charge in [0.2, 0.25) is 5.91 Å². The summed E-state index contributed by atoms with van der Waals surface area (Å²) in [6.07, 6.45) is 1.08. The number of carbonyl (C=O) groups excluding carboxylic acids is 2. The molecule has 0 saturated heterocycles. The number of benzene rings is 2. The van der Waals surface area contributed by atoms with Crippen LogP contribution in [0, 0.1) is 6.92 Å². The van der Waals surface area contributed by atoms with Gasteiger partial charge in [0, 0.05) is 11.8 Å². The van der Waals surface area contributed by atoms with Gasteiger partial charge in [0.1, 0.15) is 19.0 Å². The van der Waals surface area contributed by atoms with E-state index in [1.54, 1.807) is 29.8 Å². The Bertz CT molecular complexity index is 956. The van der Waals surface area contributed by atoms with Crippen molar-refractivity contribution in [1.82, 2.24) is 10.3 Å². The van der Waals surface area contributed by atoms with Gasteiger partial charge < -0.3 is 14.8 Å². The van der Waals surface area contributed by atoms with Crippen LogP contribution in [0.5, 0.6) is 5.75 Å². The molecule has 3 aromatic rings. The maximum absolute atomic E-state index is 12.2. The second kappa shape index (κ2) is 11.1. The van der Waals surface area contributed by atoms with Crippen LogP contribution >= 0.6 is 11.3 Å². The number of aromatic nitrogens is 1. The minimum Gasteiger partial charge on any atom is -0.487 e. The molecular weight excluding hydrogens is 400 g/mol. The van der Waals surface area contributed by atoms with Gasteiger partial charge in [-0.25, -0.2) is 9.78 Å². The summed E-state index contributed by atoms with van der Waals surface area (Å²) in [5.74, 6) is 0.0499. The summed E-state index contributed by atoms with van der Waals surface area (Å²) in [6, 6.07) is 14.9. The molecule has 0 unspecified atom stereocenters. The number of rotatable bonds is 10. The van der Waals surface area contributed by atoms with Gasteiger partial charge in [-0.1, -0.05) is 35.9 Å². The molecule has 0 aliphatic carbocycles. The topological polar surface area (TPSA) is 77.5 Å². The van der Waals surface area contributed by atoms with E-state index in [0.717, 1.165) is 11.3 Å². The van der Waals surface area contributed by atoms with Crippen molar-refractivity contribution in [1.29, 1.82) is 0 Å². The maximum Gasteiger partial charge on any atom is 0.338 e. The fraction of sp³-hybridized carbons (Fsp3) is 0.261. The van der Waals surface area contributed by atoms with Gasteiger partial charge in [-0.3, -0.25) is 4.79 Å². The van der Waals surface area contributed by atoms with Gasteiger partial charge in [0.25, 0.3) is 0 Å². The summed E-state index contributed by atoms with van der Waals surface area (Å²) in [4.78, 5) is 28.3. The Morgan fingerprint density at radius 1 is 1.13 bits per heavy atom. The smallest absolute Gasteiger partial charge is 0.338 e. The highest BCUT2D eigenvalue weighted by atomic mass is 32.1. The summed E-state index contributed by atoms with van der Waals surface area (Å²) in [6.45, 7) is 2.76. The fourth-order valence-corrected chi connectivity index (χ4v) is 3.24. The Morgan fingerprint density at radius 2 is 1.97 bits per heavy atom.